The van der Waals surface area contributed by atoms with Gasteiger partial charge in [-0.2, -0.15) is 0 Å². The van der Waals surface area contributed by atoms with Crippen LogP contribution in [0.15, 0.2) is 24.3 Å². The lowest BCUT2D eigenvalue weighted by molar-refractivity contribution is 0.556. The Morgan fingerprint density at radius 2 is 1.95 bits per heavy atom. The van der Waals surface area contributed by atoms with Gasteiger partial charge < -0.3 is 5.32 Å². The van der Waals surface area contributed by atoms with Gasteiger partial charge in [0, 0.05) is 13.1 Å². The summed E-state index contributed by atoms with van der Waals surface area (Å²) >= 11 is 0. The molecular weight excluding hydrogens is 260 g/mol. The molecule has 0 saturated heterocycles. The van der Waals surface area contributed by atoms with Crippen molar-refractivity contribution in [3.63, 3.8) is 0 Å². The minimum atomic E-state index is -3.27. The summed E-state index contributed by atoms with van der Waals surface area (Å²) in [5.41, 5.74) is 2.11. The Hall–Kier alpha value is -0.910. The Bertz CT molecular complexity index is 486. The standard InChI is InChI=1S/C14H24N2O2S/c1-4-9-15-10-13(3)19(17,18)16-11-14-8-6-5-7-12(14)2/h5-8,13,15-16H,4,9-11H2,1-3H3. The molecule has 0 heterocycles. The molecule has 1 rings (SSSR count). The van der Waals surface area contributed by atoms with E-state index >= 15 is 0 Å². The van der Waals surface area contributed by atoms with E-state index in [0.29, 0.717) is 13.1 Å². The second-order valence-electron chi connectivity index (χ2n) is 4.81. The third-order valence-electron chi connectivity index (χ3n) is 3.11. The molecule has 0 bridgehead atoms. The van der Waals surface area contributed by atoms with Crippen molar-refractivity contribution >= 4 is 10.0 Å². The van der Waals surface area contributed by atoms with Gasteiger partial charge in [-0.1, -0.05) is 31.2 Å². The van der Waals surface area contributed by atoms with E-state index in [9.17, 15) is 8.42 Å². The summed E-state index contributed by atoms with van der Waals surface area (Å²) in [6, 6.07) is 7.79. The van der Waals surface area contributed by atoms with Crippen LogP contribution in [0.3, 0.4) is 0 Å². The van der Waals surface area contributed by atoms with Crippen molar-refractivity contribution in [2.75, 3.05) is 13.1 Å². The van der Waals surface area contributed by atoms with Crippen LogP contribution in [0.5, 0.6) is 0 Å². The lowest BCUT2D eigenvalue weighted by atomic mass is 10.1. The molecule has 0 radical (unpaired) electrons. The van der Waals surface area contributed by atoms with Crippen LogP contribution in [0.4, 0.5) is 0 Å². The maximum absolute atomic E-state index is 12.1. The molecule has 0 aliphatic rings. The fourth-order valence-electron chi connectivity index (χ4n) is 1.72. The molecule has 1 atom stereocenters. The summed E-state index contributed by atoms with van der Waals surface area (Å²) in [7, 11) is -3.27. The zero-order valence-corrected chi connectivity index (χ0v) is 12.8. The van der Waals surface area contributed by atoms with E-state index in [4.69, 9.17) is 0 Å². The summed E-state index contributed by atoms with van der Waals surface area (Å²) in [6.07, 6.45) is 1.00. The normalized spacial score (nSPS) is 13.4. The Kier molecular flexibility index (Phi) is 6.48. The van der Waals surface area contributed by atoms with Crippen LogP contribution in [0.25, 0.3) is 0 Å². The van der Waals surface area contributed by atoms with E-state index in [2.05, 4.69) is 17.0 Å². The number of benzene rings is 1. The number of rotatable bonds is 8. The van der Waals surface area contributed by atoms with Crippen molar-refractivity contribution in [2.24, 2.45) is 0 Å². The first-order valence-electron chi connectivity index (χ1n) is 6.71. The molecule has 0 aromatic heterocycles. The maximum atomic E-state index is 12.1. The molecule has 4 nitrogen and oxygen atoms in total. The van der Waals surface area contributed by atoms with E-state index in [1.807, 2.05) is 31.2 Å². The minimum absolute atomic E-state index is 0.354. The van der Waals surface area contributed by atoms with Gasteiger partial charge in [-0.15, -0.1) is 0 Å². The number of hydrogen-bond acceptors (Lipinski definition) is 3. The largest absolute Gasteiger partial charge is 0.315 e. The van der Waals surface area contributed by atoms with Crippen LogP contribution in [0, 0.1) is 6.92 Å². The highest BCUT2D eigenvalue weighted by Crippen LogP contribution is 2.07. The molecule has 2 N–H and O–H groups in total. The molecule has 0 fully saturated rings. The molecule has 5 heteroatoms. The minimum Gasteiger partial charge on any atom is -0.315 e. The predicted molar refractivity (Wildman–Crippen MR) is 79.6 cm³/mol. The fraction of sp³-hybridized carbons (Fsp3) is 0.571. The van der Waals surface area contributed by atoms with Gasteiger partial charge in [0.05, 0.1) is 5.25 Å². The maximum Gasteiger partial charge on any atom is 0.215 e. The quantitative estimate of drug-likeness (QED) is 0.716. The molecule has 1 aromatic rings. The SMILES string of the molecule is CCCNCC(C)S(=O)(=O)NCc1ccccc1C. The topological polar surface area (TPSA) is 58.2 Å². The van der Waals surface area contributed by atoms with Crippen molar-refractivity contribution in [1.29, 1.82) is 0 Å². The molecule has 1 unspecified atom stereocenters. The van der Waals surface area contributed by atoms with E-state index in [0.717, 1.165) is 24.1 Å². The van der Waals surface area contributed by atoms with E-state index in [1.54, 1.807) is 6.92 Å². The molecule has 19 heavy (non-hydrogen) atoms. The second-order valence-corrected chi connectivity index (χ2v) is 6.99. The molecule has 1 aromatic carbocycles. The van der Waals surface area contributed by atoms with Crippen molar-refractivity contribution in [1.82, 2.24) is 10.0 Å². The second kappa shape index (κ2) is 7.62. The lowest BCUT2D eigenvalue weighted by Gasteiger charge is -2.15. The zero-order valence-electron chi connectivity index (χ0n) is 11.9. The van der Waals surface area contributed by atoms with Gasteiger partial charge >= 0.3 is 0 Å². The Morgan fingerprint density at radius 1 is 1.26 bits per heavy atom. The summed E-state index contributed by atoms with van der Waals surface area (Å²) in [5.74, 6) is 0. The van der Waals surface area contributed by atoms with Crippen molar-refractivity contribution in [3.05, 3.63) is 35.4 Å². The fourth-order valence-corrected chi connectivity index (χ4v) is 2.70. The Balaban J connectivity index is 2.53. The molecule has 0 saturated carbocycles. The third-order valence-corrected chi connectivity index (χ3v) is 4.89. The molecule has 108 valence electrons. The summed E-state index contributed by atoms with van der Waals surface area (Å²) in [5, 5.41) is 2.70. The van der Waals surface area contributed by atoms with Gasteiger partial charge in [0.1, 0.15) is 0 Å². The summed E-state index contributed by atoms with van der Waals surface area (Å²) in [6.45, 7) is 7.45. The van der Waals surface area contributed by atoms with Crippen LogP contribution in [0.1, 0.15) is 31.4 Å². The van der Waals surface area contributed by atoms with Gasteiger partial charge in [0.25, 0.3) is 0 Å². The first-order chi connectivity index (χ1) is 8.97. The van der Waals surface area contributed by atoms with Gasteiger partial charge in [-0.05, 0) is 37.9 Å². The average molecular weight is 284 g/mol. The van der Waals surface area contributed by atoms with Gasteiger partial charge in [-0.25, -0.2) is 13.1 Å². The Morgan fingerprint density at radius 3 is 2.58 bits per heavy atom. The molecule has 0 spiro atoms. The van der Waals surface area contributed by atoms with Gasteiger partial charge in [0.2, 0.25) is 10.0 Å². The molecule has 0 aliphatic heterocycles. The monoisotopic (exact) mass is 284 g/mol. The first kappa shape index (κ1) is 16.1. The van der Waals surface area contributed by atoms with Gasteiger partial charge in [-0.3, -0.25) is 0 Å². The third kappa shape index (κ3) is 5.30. The molecule has 0 aliphatic carbocycles. The van der Waals surface area contributed by atoms with Gasteiger partial charge in [0.15, 0.2) is 0 Å². The smallest absolute Gasteiger partial charge is 0.215 e. The van der Waals surface area contributed by atoms with Crippen molar-refractivity contribution < 1.29 is 8.42 Å². The van der Waals surface area contributed by atoms with Crippen LogP contribution < -0.4 is 10.0 Å². The van der Waals surface area contributed by atoms with Crippen LogP contribution >= 0.6 is 0 Å². The highest BCUT2D eigenvalue weighted by atomic mass is 32.2. The number of sulfonamides is 1. The molecular formula is C14H24N2O2S. The van der Waals surface area contributed by atoms with E-state index < -0.39 is 15.3 Å². The first-order valence-corrected chi connectivity index (χ1v) is 8.25. The van der Waals surface area contributed by atoms with Crippen molar-refractivity contribution in [2.45, 2.75) is 39.0 Å². The average Bonchev–Trinajstić information content (AvgIpc) is 2.38. The Labute approximate surface area is 116 Å². The van der Waals surface area contributed by atoms with Crippen LogP contribution in [-0.4, -0.2) is 26.8 Å². The number of aryl methyl sites for hydroxylation is 1. The van der Waals surface area contributed by atoms with Crippen LogP contribution in [-0.2, 0) is 16.6 Å². The lowest BCUT2D eigenvalue weighted by Crippen LogP contribution is -2.38. The summed E-state index contributed by atoms with van der Waals surface area (Å²) in [4.78, 5) is 0. The predicted octanol–water partition coefficient (Wildman–Crippen LogP) is 1.80. The summed E-state index contributed by atoms with van der Waals surface area (Å²) < 4.78 is 26.8. The van der Waals surface area contributed by atoms with Crippen LogP contribution in [0.2, 0.25) is 0 Å². The zero-order chi connectivity index (χ0) is 14.3. The number of hydrogen-bond donors (Lipinski definition) is 2. The van der Waals surface area contributed by atoms with Crippen molar-refractivity contribution in [3.8, 4) is 0 Å². The van der Waals surface area contributed by atoms with E-state index in [1.165, 1.54) is 0 Å². The number of nitrogens with one attached hydrogen (secondary N) is 2. The molecule has 0 amide bonds. The highest BCUT2D eigenvalue weighted by molar-refractivity contribution is 7.90. The highest BCUT2D eigenvalue weighted by Gasteiger charge is 2.19. The van der Waals surface area contributed by atoms with E-state index in [-0.39, 0.29) is 0 Å².